The van der Waals surface area contributed by atoms with Crippen molar-refractivity contribution in [3.63, 3.8) is 0 Å². The number of nitroso groups, excluding NO2 is 1. The normalized spacial score (nSPS) is 17.1. The Kier molecular flexibility index (Phi) is 5.29. The largest absolute Gasteiger partial charge is 0.318 e. The number of nitrogens with zero attached hydrogens (tertiary/aromatic N) is 2. The van der Waals surface area contributed by atoms with Crippen molar-refractivity contribution in [2.24, 2.45) is 18.1 Å². The Morgan fingerprint density at radius 2 is 1.83 bits per heavy atom. The number of pyridine rings is 1. The maximum absolute atomic E-state index is 11.6. The Morgan fingerprint density at radius 1 is 1.17 bits per heavy atom. The molecule has 126 valence electrons. The van der Waals surface area contributed by atoms with E-state index in [1.54, 1.807) is 19.3 Å². The van der Waals surface area contributed by atoms with Gasteiger partial charge >= 0.3 is 0 Å². The van der Waals surface area contributed by atoms with Crippen LogP contribution in [0.15, 0.2) is 57.0 Å². The number of halogens is 1. The number of rotatable bonds is 6. The van der Waals surface area contributed by atoms with Crippen molar-refractivity contribution in [1.29, 1.82) is 0 Å². The summed E-state index contributed by atoms with van der Waals surface area (Å²) in [6, 6.07) is 11.2. The third kappa shape index (κ3) is 3.66. The van der Waals surface area contributed by atoms with E-state index >= 15 is 0 Å². The lowest BCUT2D eigenvalue weighted by Crippen LogP contribution is -2.22. The average Bonchev–Trinajstić information content (AvgIpc) is 2.53. The molecule has 0 radical (unpaired) electrons. The summed E-state index contributed by atoms with van der Waals surface area (Å²) in [6.07, 6.45) is 6.09. The third-order valence-corrected chi connectivity index (χ3v) is 5.64. The molecular formula is C19H21BrN2O2. The van der Waals surface area contributed by atoms with Crippen LogP contribution in [0.4, 0.5) is 0 Å². The van der Waals surface area contributed by atoms with Gasteiger partial charge in [0.2, 0.25) is 5.56 Å². The first kappa shape index (κ1) is 17.1. The minimum Gasteiger partial charge on any atom is -0.318 e. The van der Waals surface area contributed by atoms with Crippen molar-refractivity contribution in [3.8, 4) is 0 Å². The lowest BCUT2D eigenvalue weighted by molar-refractivity contribution is 0.243. The highest BCUT2D eigenvalue weighted by atomic mass is 79.9. The molecular weight excluding hydrogens is 368 g/mol. The van der Waals surface area contributed by atoms with Crippen LogP contribution in [0.2, 0.25) is 0 Å². The van der Waals surface area contributed by atoms with E-state index in [1.807, 2.05) is 0 Å². The van der Waals surface area contributed by atoms with E-state index in [9.17, 15) is 9.70 Å². The van der Waals surface area contributed by atoms with Gasteiger partial charge in [-0.15, -0.1) is 0 Å². The van der Waals surface area contributed by atoms with Crippen molar-refractivity contribution in [2.45, 2.75) is 37.6 Å². The van der Waals surface area contributed by atoms with Crippen molar-refractivity contribution < 1.29 is 0 Å². The van der Waals surface area contributed by atoms with Crippen molar-refractivity contribution in [3.05, 3.63) is 73.5 Å². The van der Waals surface area contributed by atoms with Gasteiger partial charge in [-0.05, 0) is 60.4 Å². The molecule has 0 N–H and O–H groups in total. The first-order valence-electron chi connectivity index (χ1n) is 8.33. The molecule has 1 saturated carbocycles. The molecule has 0 bridgehead atoms. The lowest BCUT2D eigenvalue weighted by Gasteiger charge is -2.35. The molecule has 0 aliphatic heterocycles. The molecule has 1 aromatic heterocycles. The second kappa shape index (κ2) is 7.43. The van der Waals surface area contributed by atoms with Gasteiger partial charge in [0, 0.05) is 23.8 Å². The van der Waals surface area contributed by atoms with Gasteiger partial charge in [0.05, 0.1) is 0 Å². The van der Waals surface area contributed by atoms with Crippen LogP contribution < -0.4 is 5.56 Å². The predicted octanol–water partition coefficient (Wildman–Crippen LogP) is 4.93. The van der Waals surface area contributed by atoms with Crippen molar-refractivity contribution >= 4 is 15.9 Å². The molecule has 3 rings (SSSR count). The number of hydrogen-bond acceptors (Lipinski definition) is 3. The van der Waals surface area contributed by atoms with Gasteiger partial charge in [-0.1, -0.05) is 39.7 Å². The van der Waals surface area contributed by atoms with E-state index in [4.69, 9.17) is 0 Å². The molecule has 0 amide bonds. The summed E-state index contributed by atoms with van der Waals surface area (Å²) in [5.41, 5.74) is 2.00. The molecule has 1 aliphatic carbocycles. The van der Waals surface area contributed by atoms with Crippen LogP contribution in [0.25, 0.3) is 0 Å². The first-order chi connectivity index (χ1) is 11.6. The van der Waals surface area contributed by atoms with Crippen LogP contribution in [0.5, 0.6) is 0 Å². The average molecular weight is 389 g/mol. The minimum absolute atomic E-state index is 0.0770. The molecule has 1 fully saturated rings. The second-order valence-corrected chi connectivity index (χ2v) is 7.53. The highest BCUT2D eigenvalue weighted by molar-refractivity contribution is 9.10. The van der Waals surface area contributed by atoms with E-state index in [2.05, 4.69) is 45.4 Å². The molecule has 5 heteroatoms. The Hall–Kier alpha value is -1.75. The molecule has 2 unspecified atom stereocenters. The SMILES string of the molecule is Cn1cc(C(CC(c2ccc(Br)cc2)C2CCC2)N=O)ccc1=O. The van der Waals surface area contributed by atoms with Gasteiger partial charge < -0.3 is 4.57 Å². The molecule has 1 aromatic carbocycles. The molecule has 2 atom stereocenters. The summed E-state index contributed by atoms with van der Waals surface area (Å²) in [6.45, 7) is 0. The van der Waals surface area contributed by atoms with Crippen molar-refractivity contribution in [1.82, 2.24) is 4.57 Å². The minimum atomic E-state index is -0.425. The summed E-state index contributed by atoms with van der Waals surface area (Å²) >= 11 is 3.48. The van der Waals surface area contributed by atoms with E-state index < -0.39 is 6.04 Å². The van der Waals surface area contributed by atoms with Crippen LogP contribution in [0, 0.1) is 10.8 Å². The fourth-order valence-corrected chi connectivity index (χ4v) is 3.71. The summed E-state index contributed by atoms with van der Waals surface area (Å²) in [5.74, 6) is 0.940. The van der Waals surface area contributed by atoms with E-state index in [0.717, 1.165) is 10.0 Å². The molecule has 1 heterocycles. The van der Waals surface area contributed by atoms with Gasteiger partial charge in [0.25, 0.3) is 0 Å². The van der Waals surface area contributed by atoms with Gasteiger partial charge in [-0.25, -0.2) is 0 Å². The second-order valence-electron chi connectivity index (χ2n) is 6.62. The van der Waals surface area contributed by atoms with Crippen molar-refractivity contribution in [2.75, 3.05) is 0 Å². The zero-order chi connectivity index (χ0) is 17.1. The smallest absolute Gasteiger partial charge is 0.250 e. The molecule has 0 spiro atoms. The first-order valence-corrected chi connectivity index (χ1v) is 9.12. The Morgan fingerprint density at radius 3 is 2.38 bits per heavy atom. The zero-order valence-electron chi connectivity index (χ0n) is 13.7. The van der Waals surface area contributed by atoms with Crippen LogP contribution in [0.1, 0.15) is 48.8 Å². The summed E-state index contributed by atoms with van der Waals surface area (Å²) in [5, 5.41) is 3.38. The third-order valence-electron chi connectivity index (χ3n) is 5.11. The highest BCUT2D eigenvalue weighted by Gasteiger charge is 2.31. The summed E-state index contributed by atoms with van der Waals surface area (Å²) in [4.78, 5) is 23.1. The fourth-order valence-electron chi connectivity index (χ4n) is 3.45. The Labute approximate surface area is 150 Å². The van der Waals surface area contributed by atoms with E-state index in [0.29, 0.717) is 18.3 Å². The van der Waals surface area contributed by atoms with E-state index in [1.165, 1.54) is 35.5 Å². The zero-order valence-corrected chi connectivity index (χ0v) is 15.3. The van der Waals surface area contributed by atoms with Crippen LogP contribution in [0.3, 0.4) is 0 Å². The molecule has 0 saturated heterocycles. The number of aromatic nitrogens is 1. The van der Waals surface area contributed by atoms with Crippen LogP contribution in [-0.4, -0.2) is 4.57 Å². The summed E-state index contributed by atoms with van der Waals surface area (Å²) < 4.78 is 2.56. The number of benzene rings is 1. The Bertz CT molecular complexity index is 766. The highest BCUT2D eigenvalue weighted by Crippen LogP contribution is 2.44. The van der Waals surface area contributed by atoms with Crippen LogP contribution >= 0.6 is 15.9 Å². The standard InChI is InChI=1S/C19H21BrN2O2/c1-22-12-15(7-10-19(22)23)18(21-24)11-17(13-3-2-4-13)14-5-8-16(20)9-6-14/h5-10,12-13,17-18H,2-4,11H2,1H3. The van der Waals surface area contributed by atoms with E-state index in [-0.39, 0.29) is 5.56 Å². The Balaban J connectivity index is 1.87. The molecule has 1 aliphatic rings. The fraction of sp³-hybridized carbons (Fsp3) is 0.421. The van der Waals surface area contributed by atoms with Gasteiger partial charge in [0.15, 0.2) is 0 Å². The number of hydrogen-bond donors (Lipinski definition) is 0. The number of aryl methyl sites for hydroxylation is 1. The molecule has 4 nitrogen and oxygen atoms in total. The van der Waals surface area contributed by atoms with Crippen LogP contribution in [-0.2, 0) is 7.05 Å². The van der Waals surface area contributed by atoms with Gasteiger partial charge in [-0.3, -0.25) is 4.79 Å². The maximum atomic E-state index is 11.6. The molecule has 24 heavy (non-hydrogen) atoms. The summed E-state index contributed by atoms with van der Waals surface area (Å²) in [7, 11) is 1.70. The lowest BCUT2D eigenvalue weighted by atomic mass is 9.70. The maximum Gasteiger partial charge on any atom is 0.250 e. The topological polar surface area (TPSA) is 51.4 Å². The molecule has 2 aromatic rings. The van der Waals surface area contributed by atoms with Gasteiger partial charge in [0.1, 0.15) is 6.04 Å². The van der Waals surface area contributed by atoms with Gasteiger partial charge in [-0.2, -0.15) is 4.91 Å². The monoisotopic (exact) mass is 388 g/mol. The quantitative estimate of drug-likeness (QED) is 0.658. The predicted molar refractivity (Wildman–Crippen MR) is 99.1 cm³/mol.